The predicted octanol–water partition coefficient (Wildman–Crippen LogP) is 4.13. The van der Waals surface area contributed by atoms with Crippen LogP contribution in [0.15, 0.2) is 48.5 Å². The second kappa shape index (κ2) is 11.1. The van der Waals surface area contributed by atoms with Crippen LogP contribution in [0.3, 0.4) is 0 Å². The molecule has 4 nitrogen and oxygen atoms in total. The van der Waals surface area contributed by atoms with Crippen LogP contribution in [-0.2, 0) is 26.5 Å². The van der Waals surface area contributed by atoms with Gasteiger partial charge in [-0.15, -0.1) is 0 Å². The molecule has 0 bridgehead atoms. The molecule has 0 aliphatic heterocycles. The van der Waals surface area contributed by atoms with Crippen LogP contribution in [0.2, 0.25) is 10.0 Å². The Morgan fingerprint density at radius 3 is 2.50 bits per heavy atom. The number of benzene rings is 2. The van der Waals surface area contributed by atoms with Gasteiger partial charge in [0.25, 0.3) is 5.91 Å². The summed E-state index contributed by atoms with van der Waals surface area (Å²) in [7, 11) is 0. The third-order valence-electron chi connectivity index (χ3n) is 3.38. The molecule has 1 amide bonds. The molecular weight excluding hydrogens is 393 g/mol. The molecule has 0 saturated carbocycles. The molecule has 26 heavy (non-hydrogen) atoms. The lowest BCUT2D eigenvalue weighted by molar-refractivity contribution is -0.147. The molecule has 2 aromatic carbocycles. The molecule has 0 radical (unpaired) electrons. The van der Waals surface area contributed by atoms with Crippen molar-refractivity contribution in [2.24, 2.45) is 0 Å². The average Bonchev–Trinajstić information content (AvgIpc) is 2.64. The summed E-state index contributed by atoms with van der Waals surface area (Å²) in [5, 5.41) is 3.53. The normalized spacial score (nSPS) is 10.4. The van der Waals surface area contributed by atoms with Crippen LogP contribution in [0.5, 0.6) is 0 Å². The van der Waals surface area contributed by atoms with E-state index in [9.17, 15) is 9.59 Å². The van der Waals surface area contributed by atoms with Crippen molar-refractivity contribution in [1.29, 1.82) is 0 Å². The highest BCUT2D eigenvalue weighted by Gasteiger charge is 2.09. The number of rotatable bonds is 9. The maximum Gasteiger partial charge on any atom is 0.310 e. The molecule has 0 atom stereocenters. The second-order valence-electron chi connectivity index (χ2n) is 5.47. The Morgan fingerprint density at radius 2 is 1.77 bits per heavy atom. The number of nitrogens with one attached hydrogen (secondary N) is 1. The Balaban J connectivity index is 1.57. The zero-order valence-corrected chi connectivity index (χ0v) is 16.4. The van der Waals surface area contributed by atoms with Crippen molar-refractivity contribution < 1.29 is 14.3 Å². The first-order chi connectivity index (χ1) is 12.5. The summed E-state index contributed by atoms with van der Waals surface area (Å²) in [5.41, 5.74) is 1.93. The number of esters is 1. The highest BCUT2D eigenvalue weighted by Crippen LogP contribution is 2.22. The van der Waals surface area contributed by atoms with E-state index in [1.165, 1.54) is 5.56 Å². The van der Waals surface area contributed by atoms with Crippen LogP contribution in [-0.4, -0.2) is 30.8 Å². The number of carbonyl (C=O) groups excluding carboxylic acids is 2. The van der Waals surface area contributed by atoms with Gasteiger partial charge in [0.15, 0.2) is 6.61 Å². The van der Waals surface area contributed by atoms with Crippen molar-refractivity contribution in [3.05, 3.63) is 69.7 Å². The SMILES string of the molecule is O=C(COC(=O)Cc1ccc(Cl)c(Cl)c1)NCCSCc1ccccc1. The first-order valence-electron chi connectivity index (χ1n) is 8.02. The molecule has 2 rings (SSSR count). The number of halogens is 2. The average molecular weight is 412 g/mol. The van der Waals surface area contributed by atoms with Gasteiger partial charge in [-0.2, -0.15) is 11.8 Å². The summed E-state index contributed by atoms with van der Waals surface area (Å²) in [6, 6.07) is 15.0. The lowest BCUT2D eigenvalue weighted by Gasteiger charge is -2.07. The fourth-order valence-electron chi connectivity index (χ4n) is 2.09. The van der Waals surface area contributed by atoms with Crippen molar-refractivity contribution in [3.63, 3.8) is 0 Å². The fraction of sp³-hybridized carbons (Fsp3) is 0.263. The molecule has 0 spiro atoms. The highest BCUT2D eigenvalue weighted by molar-refractivity contribution is 7.98. The Kier molecular flexibility index (Phi) is 8.81. The summed E-state index contributed by atoms with van der Waals surface area (Å²) < 4.78 is 4.97. The van der Waals surface area contributed by atoms with Gasteiger partial charge in [0, 0.05) is 18.1 Å². The van der Waals surface area contributed by atoms with E-state index >= 15 is 0 Å². The largest absolute Gasteiger partial charge is 0.455 e. The van der Waals surface area contributed by atoms with E-state index in [1.54, 1.807) is 30.0 Å². The lowest BCUT2D eigenvalue weighted by Crippen LogP contribution is -2.30. The van der Waals surface area contributed by atoms with Gasteiger partial charge in [0.2, 0.25) is 0 Å². The van der Waals surface area contributed by atoms with Crippen LogP contribution in [0.4, 0.5) is 0 Å². The topological polar surface area (TPSA) is 55.4 Å². The number of amides is 1. The maximum atomic E-state index is 11.8. The smallest absolute Gasteiger partial charge is 0.310 e. The predicted molar refractivity (Wildman–Crippen MR) is 107 cm³/mol. The van der Waals surface area contributed by atoms with Crippen molar-refractivity contribution >= 4 is 46.8 Å². The molecule has 0 saturated heterocycles. The summed E-state index contributed by atoms with van der Waals surface area (Å²) in [5.74, 6) is 0.887. The molecule has 138 valence electrons. The van der Waals surface area contributed by atoms with E-state index in [2.05, 4.69) is 17.4 Å². The quantitative estimate of drug-likeness (QED) is 0.497. The molecule has 1 N–H and O–H groups in total. The first kappa shape index (κ1) is 20.6. The summed E-state index contributed by atoms with van der Waals surface area (Å²) in [6.07, 6.45) is 0.0388. The molecule has 7 heteroatoms. The maximum absolute atomic E-state index is 11.8. The molecule has 2 aromatic rings. The minimum Gasteiger partial charge on any atom is -0.455 e. The molecular formula is C19H19Cl2NO3S. The van der Waals surface area contributed by atoms with E-state index in [4.69, 9.17) is 27.9 Å². The zero-order valence-electron chi connectivity index (χ0n) is 14.0. The van der Waals surface area contributed by atoms with E-state index < -0.39 is 5.97 Å². The minimum atomic E-state index is -0.489. The van der Waals surface area contributed by atoms with Gasteiger partial charge in [-0.25, -0.2) is 0 Å². The first-order valence-corrected chi connectivity index (χ1v) is 9.93. The van der Waals surface area contributed by atoms with Gasteiger partial charge in [0.1, 0.15) is 0 Å². The van der Waals surface area contributed by atoms with Gasteiger partial charge in [0.05, 0.1) is 16.5 Å². The Bertz CT molecular complexity index is 741. The van der Waals surface area contributed by atoms with Gasteiger partial charge in [-0.05, 0) is 23.3 Å². The van der Waals surface area contributed by atoms with Crippen molar-refractivity contribution in [2.45, 2.75) is 12.2 Å². The van der Waals surface area contributed by atoms with Gasteiger partial charge in [-0.3, -0.25) is 9.59 Å². The molecule has 0 unspecified atom stereocenters. The number of ether oxygens (including phenoxy) is 1. The Labute approximate surface area is 167 Å². The van der Waals surface area contributed by atoms with Gasteiger partial charge < -0.3 is 10.1 Å². The van der Waals surface area contributed by atoms with Crippen LogP contribution < -0.4 is 5.32 Å². The lowest BCUT2D eigenvalue weighted by atomic mass is 10.1. The third kappa shape index (κ3) is 7.68. The Morgan fingerprint density at radius 1 is 1.00 bits per heavy atom. The monoisotopic (exact) mass is 411 g/mol. The molecule has 0 aliphatic carbocycles. The number of thioether (sulfide) groups is 1. The fourth-order valence-corrected chi connectivity index (χ4v) is 3.23. The van der Waals surface area contributed by atoms with Crippen molar-refractivity contribution in [3.8, 4) is 0 Å². The number of carbonyl (C=O) groups is 2. The van der Waals surface area contributed by atoms with E-state index in [0.717, 1.165) is 11.5 Å². The summed E-state index contributed by atoms with van der Waals surface area (Å²) in [4.78, 5) is 23.5. The minimum absolute atomic E-state index is 0.0388. The van der Waals surface area contributed by atoms with E-state index in [1.807, 2.05) is 18.2 Å². The van der Waals surface area contributed by atoms with Gasteiger partial charge >= 0.3 is 5.97 Å². The third-order valence-corrected chi connectivity index (χ3v) is 5.15. The number of hydrogen-bond donors (Lipinski definition) is 1. The molecule has 0 heterocycles. The number of hydrogen-bond acceptors (Lipinski definition) is 4. The Hall–Kier alpha value is -1.69. The van der Waals surface area contributed by atoms with Crippen LogP contribution in [0.25, 0.3) is 0 Å². The standard InChI is InChI=1S/C19H19Cl2NO3S/c20-16-7-6-15(10-17(16)21)11-19(24)25-12-18(23)22-8-9-26-13-14-4-2-1-3-5-14/h1-7,10H,8-9,11-13H2,(H,22,23). The summed E-state index contributed by atoms with van der Waals surface area (Å²) in [6.45, 7) is 0.240. The molecule has 0 fully saturated rings. The van der Waals surface area contributed by atoms with Crippen molar-refractivity contribution in [1.82, 2.24) is 5.32 Å². The second-order valence-corrected chi connectivity index (χ2v) is 7.39. The molecule has 0 aromatic heterocycles. The van der Waals surface area contributed by atoms with Crippen molar-refractivity contribution in [2.75, 3.05) is 18.9 Å². The zero-order chi connectivity index (χ0) is 18.8. The highest BCUT2D eigenvalue weighted by atomic mass is 35.5. The molecule has 0 aliphatic rings. The van der Waals surface area contributed by atoms with Crippen LogP contribution >= 0.6 is 35.0 Å². The van der Waals surface area contributed by atoms with Gasteiger partial charge in [-0.1, -0.05) is 59.6 Å². The van der Waals surface area contributed by atoms with E-state index in [-0.39, 0.29) is 18.9 Å². The van der Waals surface area contributed by atoms with E-state index in [0.29, 0.717) is 22.2 Å². The van der Waals surface area contributed by atoms with Crippen LogP contribution in [0.1, 0.15) is 11.1 Å². The summed E-state index contributed by atoms with van der Waals surface area (Å²) >= 11 is 13.5. The van der Waals surface area contributed by atoms with Crippen LogP contribution in [0, 0.1) is 0 Å².